The van der Waals surface area contributed by atoms with Gasteiger partial charge in [-0.1, -0.05) is 0 Å². The maximum absolute atomic E-state index is 12.8. The molecular formula is C7H2Br2F4O. The monoisotopic (exact) mass is 336 g/mol. The Morgan fingerprint density at radius 2 is 1.64 bits per heavy atom. The first-order valence-corrected chi connectivity index (χ1v) is 4.79. The lowest BCUT2D eigenvalue weighted by Crippen LogP contribution is -2.17. The number of hydrogen-bond donors (Lipinski definition) is 0. The number of ether oxygens (including phenoxy) is 1. The van der Waals surface area contributed by atoms with Crippen LogP contribution in [0.15, 0.2) is 21.1 Å². The topological polar surface area (TPSA) is 9.23 Å². The molecule has 0 aliphatic rings. The van der Waals surface area contributed by atoms with Crippen molar-refractivity contribution >= 4 is 31.9 Å². The smallest absolute Gasteiger partial charge is 0.405 e. The second-order valence-electron chi connectivity index (χ2n) is 2.22. The van der Waals surface area contributed by atoms with Gasteiger partial charge >= 0.3 is 6.36 Å². The first-order valence-electron chi connectivity index (χ1n) is 3.20. The van der Waals surface area contributed by atoms with Gasteiger partial charge in [0.25, 0.3) is 0 Å². The molecule has 1 rings (SSSR count). The maximum Gasteiger partial charge on any atom is 0.573 e. The van der Waals surface area contributed by atoms with Crippen molar-refractivity contribution in [1.29, 1.82) is 0 Å². The summed E-state index contributed by atoms with van der Waals surface area (Å²) in [5.41, 5.74) is 0. The second-order valence-corrected chi connectivity index (χ2v) is 3.81. The summed E-state index contributed by atoms with van der Waals surface area (Å²) in [5, 5.41) is 0. The van der Waals surface area contributed by atoms with Crippen LogP contribution >= 0.6 is 31.9 Å². The zero-order chi connectivity index (χ0) is 10.9. The van der Waals surface area contributed by atoms with Crippen molar-refractivity contribution in [1.82, 2.24) is 0 Å². The number of rotatable bonds is 1. The van der Waals surface area contributed by atoms with Gasteiger partial charge in [-0.05, 0) is 44.0 Å². The van der Waals surface area contributed by atoms with Gasteiger partial charge in [-0.2, -0.15) is 0 Å². The van der Waals surface area contributed by atoms with E-state index in [1.807, 2.05) is 0 Å². The Bertz CT molecular complexity index is 350. The Morgan fingerprint density at radius 1 is 1.07 bits per heavy atom. The minimum Gasteiger partial charge on any atom is -0.405 e. The van der Waals surface area contributed by atoms with E-state index in [1.165, 1.54) is 0 Å². The van der Waals surface area contributed by atoms with E-state index in [2.05, 4.69) is 36.6 Å². The van der Waals surface area contributed by atoms with Gasteiger partial charge < -0.3 is 4.74 Å². The van der Waals surface area contributed by atoms with Gasteiger partial charge in [0.2, 0.25) is 0 Å². The van der Waals surface area contributed by atoms with Crippen molar-refractivity contribution in [3.05, 3.63) is 26.9 Å². The van der Waals surface area contributed by atoms with Crippen molar-refractivity contribution < 1.29 is 22.3 Å². The lowest BCUT2D eigenvalue weighted by atomic mass is 10.3. The molecule has 0 aromatic heterocycles. The van der Waals surface area contributed by atoms with Crippen molar-refractivity contribution in [3.63, 3.8) is 0 Å². The van der Waals surface area contributed by atoms with Crippen LogP contribution in [0.1, 0.15) is 0 Å². The molecule has 0 fully saturated rings. The summed E-state index contributed by atoms with van der Waals surface area (Å²) in [4.78, 5) is 0. The third kappa shape index (κ3) is 2.84. The molecule has 7 heteroatoms. The van der Waals surface area contributed by atoms with Gasteiger partial charge in [0.1, 0.15) is 11.6 Å². The maximum atomic E-state index is 12.8. The molecular weight excluding hydrogens is 336 g/mol. The Morgan fingerprint density at radius 3 is 2.14 bits per heavy atom. The van der Waals surface area contributed by atoms with Crippen molar-refractivity contribution in [3.8, 4) is 5.75 Å². The fourth-order valence-corrected chi connectivity index (χ4v) is 1.44. The third-order valence-electron chi connectivity index (χ3n) is 1.23. The Kier molecular flexibility index (Phi) is 3.41. The predicted octanol–water partition coefficient (Wildman–Crippen LogP) is 4.25. The lowest BCUT2D eigenvalue weighted by molar-refractivity contribution is -0.274. The Hall–Kier alpha value is -0.300. The molecule has 0 unspecified atom stereocenters. The molecule has 78 valence electrons. The van der Waals surface area contributed by atoms with E-state index >= 15 is 0 Å². The van der Waals surface area contributed by atoms with Gasteiger partial charge in [-0.3, -0.25) is 0 Å². The van der Waals surface area contributed by atoms with Crippen molar-refractivity contribution in [2.45, 2.75) is 6.36 Å². The highest BCUT2D eigenvalue weighted by Crippen LogP contribution is 2.36. The standard InChI is InChI=1S/C7H2Br2F4O/c8-5-3(10)1-2-4(6(5)9)14-7(11,12)13/h1-2H. The van der Waals surface area contributed by atoms with E-state index in [0.29, 0.717) is 0 Å². The van der Waals surface area contributed by atoms with E-state index in [0.717, 1.165) is 12.1 Å². The summed E-state index contributed by atoms with van der Waals surface area (Å²) >= 11 is 5.54. The van der Waals surface area contributed by atoms with E-state index in [-0.39, 0.29) is 8.95 Å². The molecule has 0 radical (unpaired) electrons. The largest absolute Gasteiger partial charge is 0.573 e. The van der Waals surface area contributed by atoms with Gasteiger partial charge in [-0.25, -0.2) is 4.39 Å². The summed E-state index contributed by atoms with van der Waals surface area (Å²) in [6.07, 6.45) is -4.79. The molecule has 0 spiro atoms. The summed E-state index contributed by atoms with van der Waals surface area (Å²) in [7, 11) is 0. The molecule has 1 aromatic rings. The minimum atomic E-state index is -4.79. The normalized spacial score (nSPS) is 11.6. The number of alkyl halides is 3. The number of benzene rings is 1. The van der Waals surface area contributed by atoms with E-state index in [1.54, 1.807) is 0 Å². The van der Waals surface area contributed by atoms with Crippen LogP contribution in [0.5, 0.6) is 5.75 Å². The highest BCUT2D eigenvalue weighted by atomic mass is 79.9. The van der Waals surface area contributed by atoms with Crippen LogP contribution in [-0.2, 0) is 0 Å². The van der Waals surface area contributed by atoms with Crippen molar-refractivity contribution in [2.75, 3.05) is 0 Å². The van der Waals surface area contributed by atoms with Gasteiger partial charge in [0, 0.05) is 0 Å². The summed E-state index contributed by atoms with van der Waals surface area (Å²) in [6, 6.07) is 1.76. The predicted molar refractivity (Wildman–Crippen MR) is 48.5 cm³/mol. The summed E-state index contributed by atoms with van der Waals surface area (Å²) in [5.74, 6) is -1.17. The highest BCUT2D eigenvalue weighted by molar-refractivity contribution is 9.13. The molecule has 14 heavy (non-hydrogen) atoms. The third-order valence-corrected chi connectivity index (χ3v) is 3.32. The quantitative estimate of drug-likeness (QED) is 0.550. The molecule has 1 aromatic carbocycles. The molecule has 0 aliphatic heterocycles. The van der Waals surface area contributed by atoms with Crippen LogP contribution in [0.3, 0.4) is 0 Å². The highest BCUT2D eigenvalue weighted by Gasteiger charge is 2.32. The molecule has 1 nitrogen and oxygen atoms in total. The zero-order valence-electron chi connectivity index (χ0n) is 6.33. The van der Waals surface area contributed by atoms with E-state index in [4.69, 9.17) is 0 Å². The van der Waals surface area contributed by atoms with Crippen LogP contribution in [0.2, 0.25) is 0 Å². The van der Waals surface area contributed by atoms with Crippen molar-refractivity contribution in [2.24, 2.45) is 0 Å². The second kappa shape index (κ2) is 4.06. The molecule has 0 heterocycles. The Balaban J connectivity index is 3.06. The van der Waals surface area contributed by atoms with E-state index < -0.39 is 17.9 Å². The van der Waals surface area contributed by atoms with Gasteiger partial charge in [0.15, 0.2) is 0 Å². The van der Waals surface area contributed by atoms with Crippen LogP contribution in [0.25, 0.3) is 0 Å². The first-order chi connectivity index (χ1) is 6.31. The molecule has 0 N–H and O–H groups in total. The minimum absolute atomic E-state index is 0.112. The van der Waals surface area contributed by atoms with Crippen LogP contribution in [0.4, 0.5) is 17.6 Å². The summed E-state index contributed by atoms with van der Waals surface area (Å²) in [6.45, 7) is 0. The summed E-state index contributed by atoms with van der Waals surface area (Å²) < 4.78 is 51.6. The van der Waals surface area contributed by atoms with Gasteiger partial charge in [0.05, 0.1) is 8.95 Å². The Labute approximate surface area is 93.3 Å². The average Bonchev–Trinajstić information content (AvgIpc) is 2.04. The van der Waals surface area contributed by atoms with Gasteiger partial charge in [-0.15, -0.1) is 13.2 Å². The molecule has 0 saturated carbocycles. The SMILES string of the molecule is Fc1ccc(OC(F)(F)F)c(Br)c1Br. The zero-order valence-corrected chi connectivity index (χ0v) is 9.50. The van der Waals surface area contributed by atoms with E-state index in [9.17, 15) is 17.6 Å². The first kappa shape index (κ1) is 11.8. The number of halogens is 6. The lowest BCUT2D eigenvalue weighted by Gasteiger charge is -2.11. The average molecular weight is 338 g/mol. The molecule has 0 atom stereocenters. The molecule has 0 aliphatic carbocycles. The van der Waals surface area contributed by atoms with Crippen LogP contribution < -0.4 is 4.74 Å². The number of hydrogen-bond acceptors (Lipinski definition) is 1. The fraction of sp³-hybridized carbons (Fsp3) is 0.143. The van der Waals surface area contributed by atoms with Crippen LogP contribution in [0, 0.1) is 5.82 Å². The fourth-order valence-electron chi connectivity index (χ4n) is 0.712. The molecule has 0 saturated heterocycles. The van der Waals surface area contributed by atoms with Crippen LogP contribution in [-0.4, -0.2) is 6.36 Å². The molecule has 0 bridgehead atoms. The molecule has 0 amide bonds.